The third kappa shape index (κ3) is 3.31. The first-order chi connectivity index (χ1) is 9.88. The molecule has 1 heterocycles. The van der Waals surface area contributed by atoms with Gasteiger partial charge in [0, 0.05) is 5.56 Å². The Labute approximate surface area is 121 Å². The Morgan fingerprint density at radius 3 is 2.71 bits per heavy atom. The van der Waals surface area contributed by atoms with E-state index in [9.17, 15) is 14.4 Å². The molecular formula is C14H16N2O5. The maximum absolute atomic E-state index is 12.1. The standard InChI is InChI=1S/C14H16N2O5/c1-7(2)12(14(19)20)16-13(18)8-3-4-10-9(5-8)15-11(17)6-21-10/h3-5,7,12H,6H2,1-2H3,(H,15,17)(H,16,18)(H,19,20)/t12-/m1/s1. The van der Waals surface area contributed by atoms with E-state index in [1.807, 2.05) is 0 Å². The van der Waals surface area contributed by atoms with Gasteiger partial charge in [0.05, 0.1) is 5.69 Å². The zero-order chi connectivity index (χ0) is 15.6. The van der Waals surface area contributed by atoms with Crippen LogP contribution in [0.4, 0.5) is 5.69 Å². The molecule has 1 aliphatic rings. The molecule has 0 unspecified atom stereocenters. The van der Waals surface area contributed by atoms with Crippen LogP contribution in [-0.4, -0.2) is 35.5 Å². The molecule has 112 valence electrons. The van der Waals surface area contributed by atoms with E-state index < -0.39 is 17.9 Å². The number of hydrogen-bond donors (Lipinski definition) is 3. The SMILES string of the molecule is CC(C)[C@@H](NC(=O)c1ccc2c(c1)NC(=O)CO2)C(=O)O. The third-order valence-corrected chi connectivity index (χ3v) is 3.09. The Morgan fingerprint density at radius 1 is 1.38 bits per heavy atom. The molecule has 7 nitrogen and oxygen atoms in total. The van der Waals surface area contributed by atoms with Crippen molar-refractivity contribution in [2.75, 3.05) is 11.9 Å². The van der Waals surface area contributed by atoms with Gasteiger partial charge in [-0.1, -0.05) is 13.8 Å². The lowest BCUT2D eigenvalue weighted by Gasteiger charge is -2.20. The molecule has 1 atom stereocenters. The zero-order valence-corrected chi connectivity index (χ0v) is 11.7. The normalized spacial score (nSPS) is 14.7. The van der Waals surface area contributed by atoms with Crippen LogP contribution in [0, 0.1) is 5.92 Å². The van der Waals surface area contributed by atoms with Crippen LogP contribution in [0.2, 0.25) is 0 Å². The van der Waals surface area contributed by atoms with Crippen molar-refractivity contribution in [3.63, 3.8) is 0 Å². The quantitative estimate of drug-likeness (QED) is 0.763. The minimum absolute atomic E-state index is 0.0625. The van der Waals surface area contributed by atoms with E-state index >= 15 is 0 Å². The summed E-state index contributed by atoms with van der Waals surface area (Å²) in [4.78, 5) is 34.4. The van der Waals surface area contributed by atoms with Gasteiger partial charge in [-0.25, -0.2) is 4.79 Å². The number of fused-ring (bicyclic) bond motifs is 1. The van der Waals surface area contributed by atoms with Crippen molar-refractivity contribution in [1.29, 1.82) is 0 Å². The lowest BCUT2D eigenvalue weighted by atomic mass is 10.0. The first-order valence-corrected chi connectivity index (χ1v) is 6.49. The first-order valence-electron chi connectivity index (χ1n) is 6.49. The molecule has 0 radical (unpaired) electrons. The minimum Gasteiger partial charge on any atom is -0.482 e. The van der Waals surface area contributed by atoms with Crippen molar-refractivity contribution in [1.82, 2.24) is 5.32 Å². The molecule has 1 aromatic rings. The fourth-order valence-corrected chi connectivity index (χ4v) is 1.96. The Hall–Kier alpha value is -2.57. The van der Waals surface area contributed by atoms with Crippen molar-refractivity contribution >= 4 is 23.5 Å². The van der Waals surface area contributed by atoms with Gasteiger partial charge in [0.2, 0.25) is 0 Å². The summed E-state index contributed by atoms with van der Waals surface area (Å²) in [6.07, 6.45) is 0. The number of hydrogen-bond acceptors (Lipinski definition) is 4. The molecule has 0 fully saturated rings. The largest absolute Gasteiger partial charge is 0.482 e. The number of rotatable bonds is 4. The molecule has 21 heavy (non-hydrogen) atoms. The summed E-state index contributed by atoms with van der Waals surface area (Å²) >= 11 is 0. The van der Waals surface area contributed by atoms with Crippen molar-refractivity contribution in [3.8, 4) is 5.75 Å². The lowest BCUT2D eigenvalue weighted by molar-refractivity contribution is -0.140. The van der Waals surface area contributed by atoms with E-state index in [1.165, 1.54) is 12.1 Å². The highest BCUT2D eigenvalue weighted by Gasteiger charge is 2.25. The molecule has 0 bridgehead atoms. The van der Waals surface area contributed by atoms with Crippen LogP contribution in [0.25, 0.3) is 0 Å². The molecule has 0 aromatic heterocycles. The molecular weight excluding hydrogens is 276 g/mol. The summed E-state index contributed by atoms with van der Waals surface area (Å²) in [5.74, 6) is -1.67. The van der Waals surface area contributed by atoms with Crippen LogP contribution in [0.1, 0.15) is 24.2 Å². The van der Waals surface area contributed by atoms with Crippen LogP contribution in [0.3, 0.4) is 0 Å². The maximum Gasteiger partial charge on any atom is 0.326 e. The third-order valence-electron chi connectivity index (χ3n) is 3.09. The van der Waals surface area contributed by atoms with Gasteiger partial charge in [0.15, 0.2) is 6.61 Å². The van der Waals surface area contributed by atoms with Gasteiger partial charge in [-0.05, 0) is 24.1 Å². The highest BCUT2D eigenvalue weighted by atomic mass is 16.5. The van der Waals surface area contributed by atoms with Crippen LogP contribution in [0.15, 0.2) is 18.2 Å². The number of aliphatic carboxylic acids is 1. The van der Waals surface area contributed by atoms with Crippen molar-refractivity contribution in [2.45, 2.75) is 19.9 Å². The molecule has 3 N–H and O–H groups in total. The van der Waals surface area contributed by atoms with Crippen molar-refractivity contribution in [3.05, 3.63) is 23.8 Å². The summed E-state index contributed by atoms with van der Waals surface area (Å²) in [5, 5.41) is 14.1. The van der Waals surface area contributed by atoms with Gasteiger partial charge in [0.1, 0.15) is 11.8 Å². The van der Waals surface area contributed by atoms with Crippen LogP contribution in [-0.2, 0) is 9.59 Å². The van der Waals surface area contributed by atoms with E-state index in [0.717, 1.165) is 0 Å². The van der Waals surface area contributed by atoms with E-state index in [4.69, 9.17) is 9.84 Å². The average Bonchev–Trinajstić information content (AvgIpc) is 2.42. The number of anilines is 1. The molecule has 2 amide bonds. The molecule has 1 aliphatic heterocycles. The number of amides is 2. The van der Waals surface area contributed by atoms with E-state index in [2.05, 4.69) is 10.6 Å². The predicted molar refractivity (Wildman–Crippen MR) is 74.3 cm³/mol. The summed E-state index contributed by atoms with van der Waals surface area (Å²) < 4.78 is 5.19. The van der Waals surface area contributed by atoms with E-state index in [1.54, 1.807) is 19.9 Å². The number of carbonyl (C=O) groups excluding carboxylic acids is 2. The predicted octanol–water partition coefficient (Wildman–Crippen LogP) is 0.856. The Kier molecular flexibility index (Phi) is 4.11. The molecule has 0 aliphatic carbocycles. The highest BCUT2D eigenvalue weighted by Crippen LogP contribution is 2.28. The topological polar surface area (TPSA) is 105 Å². The van der Waals surface area contributed by atoms with E-state index in [0.29, 0.717) is 11.4 Å². The fraction of sp³-hybridized carbons (Fsp3) is 0.357. The maximum atomic E-state index is 12.1. The fourth-order valence-electron chi connectivity index (χ4n) is 1.96. The second-order valence-corrected chi connectivity index (χ2v) is 5.08. The Bertz CT molecular complexity index is 597. The van der Waals surface area contributed by atoms with Crippen LogP contribution in [0.5, 0.6) is 5.75 Å². The molecule has 7 heteroatoms. The van der Waals surface area contributed by atoms with Crippen LogP contribution < -0.4 is 15.4 Å². The molecule has 2 rings (SSSR count). The number of nitrogens with one attached hydrogen (secondary N) is 2. The summed E-state index contributed by atoms with van der Waals surface area (Å²) in [5.41, 5.74) is 0.654. The molecule has 0 saturated carbocycles. The first kappa shape index (κ1) is 14.8. The van der Waals surface area contributed by atoms with Gasteiger partial charge < -0.3 is 20.5 Å². The van der Waals surface area contributed by atoms with Gasteiger partial charge in [-0.3, -0.25) is 9.59 Å². The molecule has 1 aromatic carbocycles. The number of carbonyl (C=O) groups is 3. The second kappa shape index (κ2) is 5.82. The minimum atomic E-state index is -1.09. The lowest BCUT2D eigenvalue weighted by Crippen LogP contribution is -2.44. The Balaban J connectivity index is 2.18. The summed E-state index contributed by atoms with van der Waals surface area (Å²) in [7, 11) is 0. The van der Waals surface area contributed by atoms with Gasteiger partial charge in [-0.2, -0.15) is 0 Å². The van der Waals surface area contributed by atoms with Crippen molar-refractivity contribution < 1.29 is 24.2 Å². The highest BCUT2D eigenvalue weighted by molar-refractivity contribution is 6.00. The molecule has 0 saturated heterocycles. The second-order valence-electron chi connectivity index (χ2n) is 5.08. The van der Waals surface area contributed by atoms with E-state index in [-0.39, 0.29) is 24.0 Å². The zero-order valence-electron chi connectivity index (χ0n) is 11.7. The summed E-state index contributed by atoms with van der Waals surface area (Å²) in [6, 6.07) is 3.57. The van der Waals surface area contributed by atoms with Crippen LogP contribution >= 0.6 is 0 Å². The average molecular weight is 292 g/mol. The number of ether oxygens (including phenoxy) is 1. The van der Waals surface area contributed by atoms with Gasteiger partial charge in [0.25, 0.3) is 11.8 Å². The van der Waals surface area contributed by atoms with Crippen molar-refractivity contribution in [2.24, 2.45) is 5.92 Å². The van der Waals surface area contributed by atoms with Gasteiger partial charge >= 0.3 is 5.97 Å². The number of carboxylic acids is 1. The van der Waals surface area contributed by atoms with Gasteiger partial charge in [-0.15, -0.1) is 0 Å². The Morgan fingerprint density at radius 2 is 2.10 bits per heavy atom. The number of carboxylic acid groups (broad SMARTS) is 1. The summed E-state index contributed by atoms with van der Waals surface area (Å²) in [6.45, 7) is 3.35. The molecule has 0 spiro atoms. The monoisotopic (exact) mass is 292 g/mol. The number of benzene rings is 1. The smallest absolute Gasteiger partial charge is 0.326 e.